The van der Waals surface area contributed by atoms with Crippen LogP contribution in [0.1, 0.15) is 36.6 Å². The van der Waals surface area contributed by atoms with Crippen LogP contribution in [-0.2, 0) is 0 Å². The van der Waals surface area contributed by atoms with Gasteiger partial charge in [-0.2, -0.15) is 4.98 Å². The first-order valence-electron chi connectivity index (χ1n) is 6.60. The monoisotopic (exact) mass is 272 g/mol. The Morgan fingerprint density at radius 3 is 2.55 bits per heavy atom. The van der Waals surface area contributed by atoms with Gasteiger partial charge < -0.3 is 4.74 Å². The van der Waals surface area contributed by atoms with E-state index in [1.54, 1.807) is 6.07 Å². The third kappa shape index (κ3) is 3.24. The van der Waals surface area contributed by atoms with Crippen LogP contribution in [0.15, 0.2) is 24.3 Å². The molecule has 106 valence electrons. The second kappa shape index (κ2) is 5.88. The van der Waals surface area contributed by atoms with Crippen LogP contribution < -0.4 is 16.0 Å². The van der Waals surface area contributed by atoms with Crippen LogP contribution in [-0.4, -0.2) is 9.97 Å². The highest BCUT2D eigenvalue weighted by atomic mass is 16.5. The summed E-state index contributed by atoms with van der Waals surface area (Å²) in [5, 5.41) is 0. The maximum Gasteiger partial charge on any atom is 0.240 e. The summed E-state index contributed by atoms with van der Waals surface area (Å²) in [6.45, 7) is 8.18. The van der Waals surface area contributed by atoms with Gasteiger partial charge in [0.1, 0.15) is 5.75 Å². The van der Waals surface area contributed by atoms with Gasteiger partial charge >= 0.3 is 0 Å². The number of aryl methyl sites for hydroxylation is 2. The van der Waals surface area contributed by atoms with Crippen molar-refractivity contribution in [3.8, 4) is 11.6 Å². The van der Waals surface area contributed by atoms with Gasteiger partial charge in [0.25, 0.3) is 0 Å². The van der Waals surface area contributed by atoms with Crippen LogP contribution in [0.4, 0.5) is 5.95 Å². The number of hydrogen-bond donors (Lipinski definition) is 2. The van der Waals surface area contributed by atoms with Crippen molar-refractivity contribution in [3.63, 3.8) is 0 Å². The standard InChI is InChI=1S/C15H20N4O/c1-9(2)12-6-5-10(3)7-13(12)20-14-8-11(4)17-15(18-14)19-16/h5-9H,16H2,1-4H3,(H,17,18,19). The van der Waals surface area contributed by atoms with Crippen molar-refractivity contribution in [1.82, 2.24) is 9.97 Å². The van der Waals surface area contributed by atoms with Crippen LogP contribution in [0.3, 0.4) is 0 Å². The van der Waals surface area contributed by atoms with E-state index >= 15 is 0 Å². The second-order valence-corrected chi connectivity index (χ2v) is 5.11. The minimum atomic E-state index is 0.346. The molecule has 0 amide bonds. The smallest absolute Gasteiger partial charge is 0.240 e. The number of benzene rings is 1. The number of nitrogens with one attached hydrogen (secondary N) is 1. The van der Waals surface area contributed by atoms with Crippen molar-refractivity contribution >= 4 is 5.95 Å². The van der Waals surface area contributed by atoms with Crippen molar-refractivity contribution in [2.75, 3.05) is 5.43 Å². The average molecular weight is 272 g/mol. The lowest BCUT2D eigenvalue weighted by molar-refractivity contribution is 0.453. The largest absolute Gasteiger partial charge is 0.439 e. The number of rotatable bonds is 4. The van der Waals surface area contributed by atoms with Crippen molar-refractivity contribution in [2.45, 2.75) is 33.6 Å². The quantitative estimate of drug-likeness (QED) is 0.660. The molecule has 1 aromatic carbocycles. The summed E-state index contributed by atoms with van der Waals surface area (Å²) in [5.41, 5.74) is 5.53. The molecule has 0 aliphatic carbocycles. The number of hydrogen-bond acceptors (Lipinski definition) is 5. The molecule has 3 N–H and O–H groups in total. The summed E-state index contributed by atoms with van der Waals surface area (Å²) in [4.78, 5) is 8.35. The first-order valence-corrected chi connectivity index (χ1v) is 6.60. The first kappa shape index (κ1) is 14.3. The Balaban J connectivity index is 2.38. The Hall–Kier alpha value is -2.14. The van der Waals surface area contributed by atoms with Crippen LogP contribution in [0.2, 0.25) is 0 Å². The topological polar surface area (TPSA) is 73.1 Å². The Morgan fingerprint density at radius 2 is 1.90 bits per heavy atom. The first-order chi connectivity index (χ1) is 9.49. The molecular formula is C15H20N4O. The molecule has 0 saturated carbocycles. The van der Waals surface area contributed by atoms with Gasteiger partial charge in [-0.1, -0.05) is 26.0 Å². The summed E-state index contributed by atoms with van der Waals surface area (Å²) in [5.74, 6) is 7.38. The van der Waals surface area contributed by atoms with E-state index < -0.39 is 0 Å². The molecule has 0 aliphatic heterocycles. The maximum atomic E-state index is 5.93. The van der Waals surface area contributed by atoms with Crippen LogP contribution >= 0.6 is 0 Å². The van der Waals surface area contributed by atoms with Gasteiger partial charge in [-0.25, -0.2) is 10.8 Å². The van der Waals surface area contributed by atoms with E-state index in [2.05, 4.69) is 41.4 Å². The number of anilines is 1. The highest BCUT2D eigenvalue weighted by Gasteiger charge is 2.11. The number of hydrazine groups is 1. The van der Waals surface area contributed by atoms with Gasteiger partial charge in [0, 0.05) is 11.8 Å². The molecule has 0 radical (unpaired) electrons. The molecular weight excluding hydrogens is 252 g/mol. The normalized spacial score (nSPS) is 10.7. The summed E-state index contributed by atoms with van der Waals surface area (Å²) in [7, 11) is 0. The van der Waals surface area contributed by atoms with Crippen molar-refractivity contribution in [2.24, 2.45) is 5.84 Å². The Bertz CT molecular complexity index is 611. The summed E-state index contributed by atoms with van der Waals surface area (Å²) >= 11 is 0. The fourth-order valence-corrected chi connectivity index (χ4v) is 1.98. The zero-order chi connectivity index (χ0) is 14.7. The summed E-state index contributed by atoms with van der Waals surface area (Å²) < 4.78 is 5.93. The van der Waals surface area contributed by atoms with E-state index in [0.29, 0.717) is 17.7 Å². The molecule has 2 aromatic rings. The predicted octanol–water partition coefficient (Wildman–Crippen LogP) is 3.29. The Kier molecular flexibility index (Phi) is 4.20. The summed E-state index contributed by atoms with van der Waals surface area (Å²) in [6.07, 6.45) is 0. The third-order valence-electron chi connectivity index (χ3n) is 2.97. The molecule has 1 heterocycles. The minimum absolute atomic E-state index is 0.346. The molecule has 5 nitrogen and oxygen atoms in total. The number of aromatic nitrogens is 2. The lowest BCUT2D eigenvalue weighted by atomic mass is 10.0. The fourth-order valence-electron chi connectivity index (χ4n) is 1.98. The predicted molar refractivity (Wildman–Crippen MR) is 79.9 cm³/mol. The molecule has 0 unspecified atom stereocenters. The molecule has 0 atom stereocenters. The van der Waals surface area contributed by atoms with Crippen molar-refractivity contribution in [1.29, 1.82) is 0 Å². The zero-order valence-corrected chi connectivity index (χ0v) is 12.3. The van der Waals surface area contributed by atoms with Crippen LogP contribution in [0, 0.1) is 13.8 Å². The SMILES string of the molecule is Cc1ccc(C(C)C)c(Oc2cc(C)nc(NN)n2)c1. The molecule has 2 rings (SSSR count). The molecule has 1 aromatic heterocycles. The number of nitrogens with zero attached hydrogens (tertiary/aromatic N) is 2. The maximum absolute atomic E-state index is 5.93. The molecule has 0 spiro atoms. The molecule has 0 aliphatic rings. The Morgan fingerprint density at radius 1 is 1.15 bits per heavy atom. The lowest BCUT2D eigenvalue weighted by Crippen LogP contribution is -2.11. The van der Waals surface area contributed by atoms with Crippen molar-refractivity contribution in [3.05, 3.63) is 41.1 Å². The number of ether oxygens (including phenoxy) is 1. The molecule has 0 bridgehead atoms. The molecule has 20 heavy (non-hydrogen) atoms. The summed E-state index contributed by atoms with van der Waals surface area (Å²) in [6, 6.07) is 7.97. The van der Waals surface area contributed by atoms with Crippen LogP contribution in [0.25, 0.3) is 0 Å². The average Bonchev–Trinajstić information content (AvgIpc) is 2.37. The van der Waals surface area contributed by atoms with Gasteiger partial charge in [0.2, 0.25) is 11.8 Å². The van der Waals surface area contributed by atoms with Gasteiger partial charge in [-0.3, -0.25) is 5.43 Å². The third-order valence-corrected chi connectivity index (χ3v) is 2.97. The second-order valence-electron chi connectivity index (χ2n) is 5.11. The molecule has 0 saturated heterocycles. The van der Waals surface area contributed by atoms with Gasteiger partial charge in [-0.15, -0.1) is 0 Å². The van der Waals surface area contributed by atoms with E-state index in [1.807, 2.05) is 19.9 Å². The van der Waals surface area contributed by atoms with E-state index in [0.717, 1.165) is 22.6 Å². The number of nitrogen functional groups attached to an aromatic ring is 1. The van der Waals surface area contributed by atoms with Gasteiger partial charge in [-0.05, 0) is 37.0 Å². The minimum Gasteiger partial charge on any atom is -0.439 e. The van der Waals surface area contributed by atoms with E-state index in [-0.39, 0.29) is 0 Å². The van der Waals surface area contributed by atoms with Crippen molar-refractivity contribution < 1.29 is 4.74 Å². The highest BCUT2D eigenvalue weighted by Crippen LogP contribution is 2.31. The van der Waals surface area contributed by atoms with E-state index in [1.165, 1.54) is 0 Å². The highest BCUT2D eigenvalue weighted by molar-refractivity contribution is 5.42. The van der Waals surface area contributed by atoms with Crippen LogP contribution in [0.5, 0.6) is 11.6 Å². The van der Waals surface area contributed by atoms with Gasteiger partial charge in [0.05, 0.1) is 0 Å². The zero-order valence-electron chi connectivity index (χ0n) is 12.3. The van der Waals surface area contributed by atoms with E-state index in [9.17, 15) is 0 Å². The molecule has 0 fully saturated rings. The van der Waals surface area contributed by atoms with Gasteiger partial charge in [0.15, 0.2) is 0 Å². The Labute approximate surface area is 119 Å². The molecule has 5 heteroatoms. The van der Waals surface area contributed by atoms with E-state index in [4.69, 9.17) is 10.6 Å². The fraction of sp³-hybridized carbons (Fsp3) is 0.333. The lowest BCUT2D eigenvalue weighted by Gasteiger charge is -2.14. The number of nitrogens with two attached hydrogens (primary N) is 1.